The summed E-state index contributed by atoms with van der Waals surface area (Å²) < 4.78 is 0. The third-order valence-electron chi connectivity index (χ3n) is 8.86. The Bertz CT molecular complexity index is 2140. The second-order valence-corrected chi connectivity index (χ2v) is 11.6. The fourth-order valence-electron chi connectivity index (χ4n) is 6.66. The van der Waals surface area contributed by atoms with Crippen LogP contribution in [0.5, 0.6) is 0 Å². The van der Waals surface area contributed by atoms with Crippen molar-refractivity contribution in [3.05, 3.63) is 121 Å². The van der Waals surface area contributed by atoms with Gasteiger partial charge in [-0.3, -0.25) is 0 Å². The van der Waals surface area contributed by atoms with E-state index in [1.165, 1.54) is 67.3 Å². The lowest BCUT2D eigenvalue weighted by atomic mass is 10.0. The number of nitrogens with zero attached hydrogens (tertiary/aromatic N) is 2. The van der Waals surface area contributed by atoms with Crippen LogP contribution in [0.3, 0.4) is 0 Å². The lowest BCUT2D eigenvalue weighted by molar-refractivity contribution is 0.671. The number of unbranched alkanes of at least 4 members (excludes halogenated alkanes) is 3. The van der Waals surface area contributed by atoms with Gasteiger partial charge in [0.2, 0.25) is 0 Å². The summed E-state index contributed by atoms with van der Waals surface area (Å²) in [5.41, 5.74) is 6.60. The van der Waals surface area contributed by atoms with E-state index in [-0.39, 0.29) is 0 Å². The number of aromatic nitrogens is 2. The monoisotopic (exact) mass is 570 g/mol. The SMILES string of the molecule is c1ccc2c(c1)ccc1c(NCCCCCCNc3c4ccccc4nc4c3ccc3ccccc34)c3ccccc3nc12. The maximum atomic E-state index is 5.07. The highest BCUT2D eigenvalue weighted by molar-refractivity contribution is 6.17. The first-order valence-corrected chi connectivity index (χ1v) is 15.7. The fraction of sp³-hybridized carbons (Fsp3) is 0.150. The van der Waals surface area contributed by atoms with Gasteiger partial charge in [0.05, 0.1) is 33.4 Å². The average Bonchev–Trinajstić information content (AvgIpc) is 3.08. The van der Waals surface area contributed by atoms with Gasteiger partial charge in [0, 0.05) is 45.4 Å². The van der Waals surface area contributed by atoms with Crippen molar-refractivity contribution in [2.75, 3.05) is 23.7 Å². The molecule has 44 heavy (non-hydrogen) atoms. The molecule has 0 unspecified atom stereocenters. The normalized spacial score (nSPS) is 11.7. The molecular weight excluding hydrogens is 536 g/mol. The quantitative estimate of drug-likeness (QED) is 0.103. The van der Waals surface area contributed by atoms with Crippen molar-refractivity contribution in [2.24, 2.45) is 0 Å². The number of rotatable bonds is 9. The first-order valence-electron chi connectivity index (χ1n) is 15.7. The molecule has 4 heteroatoms. The van der Waals surface area contributed by atoms with Gasteiger partial charge in [-0.1, -0.05) is 122 Å². The smallest absolute Gasteiger partial charge is 0.0808 e. The summed E-state index contributed by atoms with van der Waals surface area (Å²) in [4.78, 5) is 10.1. The van der Waals surface area contributed by atoms with E-state index in [2.05, 4.69) is 132 Å². The summed E-state index contributed by atoms with van der Waals surface area (Å²) in [5.74, 6) is 0. The van der Waals surface area contributed by atoms with Gasteiger partial charge < -0.3 is 10.6 Å². The summed E-state index contributed by atoms with van der Waals surface area (Å²) in [6.45, 7) is 1.88. The number of nitrogens with one attached hydrogen (secondary N) is 2. The summed E-state index contributed by atoms with van der Waals surface area (Å²) >= 11 is 0. The molecule has 2 heterocycles. The minimum Gasteiger partial charge on any atom is -0.384 e. The topological polar surface area (TPSA) is 49.8 Å². The fourth-order valence-corrected chi connectivity index (χ4v) is 6.66. The van der Waals surface area contributed by atoms with E-state index in [4.69, 9.17) is 9.97 Å². The van der Waals surface area contributed by atoms with Gasteiger partial charge in [0.15, 0.2) is 0 Å². The summed E-state index contributed by atoms with van der Waals surface area (Å²) in [5, 5.41) is 17.2. The Morgan fingerprint density at radius 1 is 0.364 bits per heavy atom. The molecule has 8 rings (SSSR count). The molecule has 8 aromatic rings. The van der Waals surface area contributed by atoms with Crippen LogP contribution in [0, 0.1) is 0 Å². The molecule has 6 aromatic carbocycles. The standard InChI is InChI=1S/C40H34N4/c1(11-25-41-37-31-17-7-9-19-35(31)43-39-29-15-5-3-13-27(29)21-23-33(37)39)2-12-26-42-38-32-18-8-10-20-36(32)44-40-30-16-6-4-14-28(30)22-24-34(38)40/h3-10,13-24H,1-2,11-12,25-26H2,(H,41,43)(H,42,44). The van der Waals surface area contributed by atoms with E-state index in [0.717, 1.165) is 48.0 Å². The molecule has 0 atom stereocenters. The summed E-state index contributed by atoms with van der Waals surface area (Å²) in [6.07, 6.45) is 4.61. The minimum atomic E-state index is 0.941. The maximum absolute atomic E-state index is 5.07. The van der Waals surface area contributed by atoms with Gasteiger partial charge in [0.25, 0.3) is 0 Å². The highest BCUT2D eigenvalue weighted by Gasteiger charge is 2.13. The zero-order valence-electron chi connectivity index (χ0n) is 24.7. The van der Waals surface area contributed by atoms with E-state index < -0.39 is 0 Å². The van der Waals surface area contributed by atoms with Crippen LogP contribution in [0.25, 0.3) is 65.2 Å². The zero-order valence-corrected chi connectivity index (χ0v) is 24.7. The van der Waals surface area contributed by atoms with E-state index in [9.17, 15) is 0 Å². The molecule has 214 valence electrons. The highest BCUT2D eigenvalue weighted by atomic mass is 14.9. The lowest BCUT2D eigenvalue weighted by Crippen LogP contribution is -2.05. The van der Waals surface area contributed by atoms with E-state index in [1.54, 1.807) is 0 Å². The largest absolute Gasteiger partial charge is 0.384 e. The van der Waals surface area contributed by atoms with Crippen molar-refractivity contribution >= 4 is 76.5 Å². The molecule has 0 radical (unpaired) electrons. The van der Waals surface area contributed by atoms with Crippen LogP contribution in [-0.4, -0.2) is 23.1 Å². The van der Waals surface area contributed by atoms with Crippen LogP contribution in [0.4, 0.5) is 11.4 Å². The molecule has 0 spiro atoms. The number of hydrogen-bond donors (Lipinski definition) is 2. The lowest BCUT2D eigenvalue weighted by Gasteiger charge is -2.15. The van der Waals surface area contributed by atoms with Gasteiger partial charge in [-0.05, 0) is 35.7 Å². The number of fused-ring (bicyclic) bond motifs is 8. The van der Waals surface area contributed by atoms with E-state index in [0.29, 0.717) is 0 Å². The molecule has 0 fully saturated rings. The molecule has 0 bridgehead atoms. The minimum absolute atomic E-state index is 0.941. The number of para-hydroxylation sites is 2. The van der Waals surface area contributed by atoms with Crippen molar-refractivity contribution in [3.8, 4) is 0 Å². The molecule has 0 saturated heterocycles. The van der Waals surface area contributed by atoms with Crippen molar-refractivity contribution < 1.29 is 0 Å². The Hall–Kier alpha value is -5.22. The summed E-state index contributed by atoms with van der Waals surface area (Å²) in [6, 6.07) is 42.9. The first-order chi connectivity index (χ1) is 21.8. The van der Waals surface area contributed by atoms with Crippen LogP contribution in [0.1, 0.15) is 25.7 Å². The van der Waals surface area contributed by atoms with Crippen LogP contribution >= 0.6 is 0 Å². The van der Waals surface area contributed by atoms with Crippen molar-refractivity contribution in [2.45, 2.75) is 25.7 Å². The van der Waals surface area contributed by atoms with E-state index in [1.807, 2.05) is 0 Å². The second-order valence-electron chi connectivity index (χ2n) is 11.6. The van der Waals surface area contributed by atoms with Crippen LogP contribution < -0.4 is 10.6 Å². The molecule has 0 amide bonds. The Balaban J connectivity index is 0.944. The number of benzene rings is 6. The van der Waals surface area contributed by atoms with E-state index >= 15 is 0 Å². The number of anilines is 2. The molecule has 0 aliphatic rings. The number of pyridine rings is 2. The third kappa shape index (κ3) is 4.73. The third-order valence-corrected chi connectivity index (χ3v) is 8.86. The van der Waals surface area contributed by atoms with Gasteiger partial charge in [0.1, 0.15) is 0 Å². The maximum Gasteiger partial charge on any atom is 0.0808 e. The Labute approximate surface area is 256 Å². The van der Waals surface area contributed by atoms with Crippen LogP contribution in [0.15, 0.2) is 121 Å². The predicted octanol–water partition coefficient (Wildman–Crippen LogP) is 10.5. The molecule has 2 N–H and O–H groups in total. The highest BCUT2D eigenvalue weighted by Crippen LogP contribution is 2.36. The van der Waals surface area contributed by atoms with Crippen LogP contribution in [0.2, 0.25) is 0 Å². The molecule has 0 aliphatic heterocycles. The first kappa shape index (κ1) is 26.4. The zero-order chi connectivity index (χ0) is 29.3. The molecule has 0 aliphatic carbocycles. The second kappa shape index (κ2) is 11.5. The molecular formula is C40H34N4. The summed E-state index contributed by atoms with van der Waals surface area (Å²) in [7, 11) is 0. The molecule has 0 saturated carbocycles. The van der Waals surface area contributed by atoms with Crippen molar-refractivity contribution in [1.82, 2.24) is 9.97 Å². The van der Waals surface area contributed by atoms with Gasteiger partial charge in [-0.2, -0.15) is 0 Å². The number of hydrogen-bond acceptors (Lipinski definition) is 4. The average molecular weight is 571 g/mol. The van der Waals surface area contributed by atoms with Crippen LogP contribution in [-0.2, 0) is 0 Å². The van der Waals surface area contributed by atoms with Crippen molar-refractivity contribution in [3.63, 3.8) is 0 Å². The molecule has 4 nitrogen and oxygen atoms in total. The van der Waals surface area contributed by atoms with Gasteiger partial charge >= 0.3 is 0 Å². The van der Waals surface area contributed by atoms with Gasteiger partial charge in [-0.15, -0.1) is 0 Å². The predicted molar refractivity (Wildman–Crippen MR) is 189 cm³/mol. The van der Waals surface area contributed by atoms with Gasteiger partial charge in [-0.25, -0.2) is 9.97 Å². The Morgan fingerprint density at radius 2 is 0.773 bits per heavy atom. The Morgan fingerprint density at radius 3 is 1.25 bits per heavy atom. The Kier molecular flexibility index (Phi) is 6.88. The molecule has 2 aromatic heterocycles. The van der Waals surface area contributed by atoms with Crippen molar-refractivity contribution in [1.29, 1.82) is 0 Å².